The van der Waals surface area contributed by atoms with Crippen LogP contribution < -0.4 is 21.3 Å². The highest BCUT2D eigenvalue weighted by molar-refractivity contribution is 6.35. The molecular weight excluding hydrogens is 428 g/mol. The zero-order chi connectivity index (χ0) is 22.8. The summed E-state index contributed by atoms with van der Waals surface area (Å²) in [6.07, 6.45) is -0.0651. The Morgan fingerprint density at radius 3 is 2.50 bits per heavy atom. The summed E-state index contributed by atoms with van der Waals surface area (Å²) >= 11 is 6.35. The first-order valence-electron chi connectivity index (χ1n) is 10.2. The lowest BCUT2D eigenvalue weighted by Gasteiger charge is -2.20. The summed E-state index contributed by atoms with van der Waals surface area (Å²) < 4.78 is 7.21. The Balaban J connectivity index is 1.83. The summed E-state index contributed by atoms with van der Waals surface area (Å²) in [6, 6.07) is 15.8. The van der Waals surface area contributed by atoms with Crippen LogP contribution in [0.3, 0.4) is 0 Å². The summed E-state index contributed by atoms with van der Waals surface area (Å²) in [6.45, 7) is 5.69. The van der Waals surface area contributed by atoms with E-state index in [1.807, 2.05) is 51.1 Å². The number of benzene rings is 2. The monoisotopic (exact) mass is 450 g/mol. The Hall–Kier alpha value is -3.65. The van der Waals surface area contributed by atoms with Crippen LogP contribution in [-0.4, -0.2) is 25.6 Å². The van der Waals surface area contributed by atoms with Crippen molar-refractivity contribution >= 4 is 34.3 Å². The summed E-state index contributed by atoms with van der Waals surface area (Å²) in [5.74, 6) is 1.40. The maximum absolute atomic E-state index is 13.5. The van der Waals surface area contributed by atoms with E-state index < -0.39 is 6.04 Å². The molecule has 2 aromatic carbocycles. The number of hydrogen-bond donors (Lipinski definition) is 2. The number of hydrogen-bond acceptors (Lipinski definition) is 7. The fourth-order valence-electron chi connectivity index (χ4n) is 3.43. The number of rotatable bonds is 6. The van der Waals surface area contributed by atoms with Crippen LogP contribution in [0.4, 0.5) is 11.8 Å². The van der Waals surface area contributed by atoms with Crippen LogP contribution in [0.5, 0.6) is 5.88 Å². The molecule has 2 heterocycles. The topological polar surface area (TPSA) is 108 Å². The Morgan fingerprint density at radius 2 is 1.78 bits per heavy atom. The van der Waals surface area contributed by atoms with Gasteiger partial charge in [0.2, 0.25) is 11.8 Å². The van der Waals surface area contributed by atoms with Gasteiger partial charge in [-0.25, -0.2) is 4.98 Å². The molecule has 0 radical (unpaired) electrons. The molecule has 1 atom stereocenters. The van der Waals surface area contributed by atoms with Crippen LogP contribution in [0.1, 0.15) is 32.6 Å². The van der Waals surface area contributed by atoms with E-state index in [-0.39, 0.29) is 17.6 Å². The molecule has 32 heavy (non-hydrogen) atoms. The van der Waals surface area contributed by atoms with Gasteiger partial charge in [-0.3, -0.25) is 9.36 Å². The Morgan fingerprint density at radius 1 is 1.03 bits per heavy atom. The number of ether oxygens (including phenoxy) is 1. The molecule has 0 amide bonds. The van der Waals surface area contributed by atoms with E-state index >= 15 is 0 Å². The van der Waals surface area contributed by atoms with Crippen molar-refractivity contribution in [1.29, 1.82) is 0 Å². The average Bonchev–Trinajstić information content (AvgIpc) is 2.73. The fourth-order valence-corrected chi connectivity index (χ4v) is 3.68. The van der Waals surface area contributed by atoms with Gasteiger partial charge in [0.25, 0.3) is 5.56 Å². The van der Waals surface area contributed by atoms with Crippen molar-refractivity contribution < 1.29 is 4.74 Å². The molecule has 0 saturated carbocycles. The number of nitrogens with one attached hydrogen (secondary N) is 1. The van der Waals surface area contributed by atoms with Crippen LogP contribution in [0, 0.1) is 0 Å². The van der Waals surface area contributed by atoms with E-state index in [9.17, 15) is 4.79 Å². The number of halogens is 1. The molecule has 8 nitrogen and oxygen atoms in total. The highest BCUT2D eigenvalue weighted by Crippen LogP contribution is 2.25. The number of nitrogens with zero attached hydrogens (tertiary/aromatic N) is 4. The van der Waals surface area contributed by atoms with Gasteiger partial charge in [0, 0.05) is 6.07 Å². The van der Waals surface area contributed by atoms with Gasteiger partial charge in [0.15, 0.2) is 0 Å². The van der Waals surface area contributed by atoms with Gasteiger partial charge in [-0.15, -0.1) is 0 Å². The Kier molecular flexibility index (Phi) is 5.96. The molecule has 4 aromatic rings. The minimum absolute atomic E-state index is 0.0651. The van der Waals surface area contributed by atoms with E-state index in [1.54, 1.807) is 28.8 Å². The van der Waals surface area contributed by atoms with E-state index in [4.69, 9.17) is 27.1 Å². The van der Waals surface area contributed by atoms with Gasteiger partial charge in [0.05, 0.1) is 33.8 Å². The Bertz CT molecular complexity index is 1320. The maximum Gasteiger partial charge on any atom is 0.267 e. The number of nitrogens with two attached hydrogens (primary N) is 1. The third-order valence-electron chi connectivity index (χ3n) is 4.72. The SMILES string of the molecule is CC(C)Oc1cc(N[C@H](C)c2nc3cccc(Cl)c3c(=O)n2-c2ccccc2)nc(N)n1. The quantitative estimate of drug-likeness (QED) is 0.449. The minimum atomic E-state index is -0.410. The van der Waals surface area contributed by atoms with Crippen molar-refractivity contribution in [2.45, 2.75) is 32.9 Å². The van der Waals surface area contributed by atoms with Gasteiger partial charge in [-0.05, 0) is 45.0 Å². The third kappa shape index (κ3) is 4.36. The molecule has 0 spiro atoms. The largest absolute Gasteiger partial charge is 0.475 e. The average molecular weight is 451 g/mol. The van der Waals surface area contributed by atoms with E-state index in [0.29, 0.717) is 39.1 Å². The van der Waals surface area contributed by atoms with Gasteiger partial charge < -0.3 is 15.8 Å². The predicted octanol–water partition coefficient (Wildman–Crippen LogP) is 4.37. The molecule has 9 heteroatoms. The van der Waals surface area contributed by atoms with E-state index in [1.165, 1.54) is 0 Å². The fraction of sp³-hybridized carbons (Fsp3) is 0.217. The standard InChI is InChI=1S/C23H23ClN6O2/c1-13(2)32-19-12-18(28-23(25)29-19)26-14(3)21-27-17-11-7-10-16(24)20(17)22(31)30(21)15-8-5-4-6-9-15/h4-14H,1-3H3,(H3,25,26,28,29)/t14-/m1/s1. The zero-order valence-corrected chi connectivity index (χ0v) is 18.7. The Labute approximate surface area is 190 Å². The zero-order valence-electron chi connectivity index (χ0n) is 17.9. The van der Waals surface area contributed by atoms with Crippen LogP contribution in [0.2, 0.25) is 5.02 Å². The minimum Gasteiger partial charge on any atom is -0.475 e. The maximum atomic E-state index is 13.5. The molecule has 0 fully saturated rings. The van der Waals surface area contributed by atoms with Gasteiger partial charge in [-0.1, -0.05) is 35.9 Å². The van der Waals surface area contributed by atoms with Crippen molar-refractivity contribution in [1.82, 2.24) is 19.5 Å². The van der Waals surface area contributed by atoms with Gasteiger partial charge >= 0.3 is 0 Å². The first-order valence-corrected chi connectivity index (χ1v) is 10.6. The van der Waals surface area contributed by atoms with Crippen LogP contribution in [0.25, 0.3) is 16.6 Å². The van der Waals surface area contributed by atoms with Crippen molar-refractivity contribution in [3.05, 3.63) is 75.8 Å². The van der Waals surface area contributed by atoms with Crippen molar-refractivity contribution in [2.75, 3.05) is 11.1 Å². The summed E-state index contributed by atoms with van der Waals surface area (Å²) in [4.78, 5) is 26.6. The molecule has 4 rings (SSSR count). The predicted molar refractivity (Wildman–Crippen MR) is 127 cm³/mol. The second-order valence-corrected chi connectivity index (χ2v) is 7.97. The molecular formula is C23H23ClN6O2. The molecule has 3 N–H and O–H groups in total. The lowest BCUT2D eigenvalue weighted by atomic mass is 10.2. The first kappa shape index (κ1) is 21.6. The summed E-state index contributed by atoms with van der Waals surface area (Å²) in [5.41, 5.74) is 6.81. The first-order chi connectivity index (χ1) is 15.3. The molecule has 164 valence electrons. The molecule has 0 aliphatic rings. The molecule has 0 bridgehead atoms. The summed E-state index contributed by atoms with van der Waals surface area (Å²) in [5, 5.41) is 3.99. The lowest BCUT2D eigenvalue weighted by molar-refractivity contribution is 0.233. The number of nitrogen functional groups attached to an aromatic ring is 1. The highest BCUT2D eigenvalue weighted by atomic mass is 35.5. The van der Waals surface area contributed by atoms with Crippen LogP contribution in [-0.2, 0) is 0 Å². The lowest BCUT2D eigenvalue weighted by Crippen LogP contribution is -2.27. The summed E-state index contributed by atoms with van der Waals surface area (Å²) in [7, 11) is 0. The highest BCUT2D eigenvalue weighted by Gasteiger charge is 2.20. The van der Waals surface area contributed by atoms with Gasteiger partial charge in [0.1, 0.15) is 11.6 Å². The molecule has 0 unspecified atom stereocenters. The number of anilines is 2. The molecule has 0 aliphatic carbocycles. The van der Waals surface area contributed by atoms with Crippen molar-refractivity contribution in [3.63, 3.8) is 0 Å². The van der Waals surface area contributed by atoms with Crippen molar-refractivity contribution in [3.8, 4) is 11.6 Å². The van der Waals surface area contributed by atoms with Crippen LogP contribution in [0.15, 0.2) is 59.4 Å². The van der Waals surface area contributed by atoms with E-state index in [2.05, 4.69) is 15.3 Å². The molecule has 2 aromatic heterocycles. The normalized spacial score (nSPS) is 12.2. The second-order valence-electron chi connectivity index (χ2n) is 7.56. The van der Waals surface area contributed by atoms with Crippen molar-refractivity contribution in [2.24, 2.45) is 0 Å². The molecule has 0 saturated heterocycles. The van der Waals surface area contributed by atoms with Crippen LogP contribution >= 0.6 is 11.6 Å². The molecule has 0 aliphatic heterocycles. The third-order valence-corrected chi connectivity index (χ3v) is 5.03. The number of fused-ring (bicyclic) bond motifs is 1. The smallest absolute Gasteiger partial charge is 0.267 e. The van der Waals surface area contributed by atoms with E-state index in [0.717, 1.165) is 0 Å². The number of para-hydroxylation sites is 1. The number of aromatic nitrogens is 4. The second kappa shape index (κ2) is 8.84. The van der Waals surface area contributed by atoms with Gasteiger partial charge in [-0.2, -0.15) is 9.97 Å².